The predicted octanol–water partition coefficient (Wildman–Crippen LogP) is 1.33. The molecule has 9 nitrogen and oxygen atoms in total. The van der Waals surface area contributed by atoms with Crippen LogP contribution in [0.15, 0.2) is 43.0 Å². The van der Waals surface area contributed by atoms with Crippen LogP contribution in [0.3, 0.4) is 0 Å². The number of nitrogens with one attached hydrogen (secondary N) is 2. The number of aromatic hydroxyl groups is 1. The number of rotatable bonds is 2. The van der Waals surface area contributed by atoms with Crippen molar-refractivity contribution in [3.63, 3.8) is 0 Å². The predicted molar refractivity (Wildman–Crippen MR) is 90.6 cm³/mol. The van der Waals surface area contributed by atoms with E-state index >= 15 is 0 Å². The van der Waals surface area contributed by atoms with E-state index in [-0.39, 0.29) is 24.0 Å². The molecule has 0 saturated carbocycles. The minimum Gasteiger partial charge on any atom is -0.508 e. The van der Waals surface area contributed by atoms with Crippen molar-refractivity contribution in [3.8, 4) is 5.75 Å². The second-order valence-corrected chi connectivity index (χ2v) is 5.69. The van der Waals surface area contributed by atoms with Gasteiger partial charge in [0.1, 0.15) is 5.75 Å². The van der Waals surface area contributed by atoms with Crippen LogP contribution in [0, 0.1) is 0 Å². The van der Waals surface area contributed by atoms with Crippen molar-refractivity contribution in [2.75, 3.05) is 6.54 Å². The topological polar surface area (TPSA) is 135 Å². The largest absolute Gasteiger partial charge is 0.508 e. The Morgan fingerprint density at radius 1 is 1.38 bits per heavy atom. The number of H-pyrrole nitrogens is 2. The van der Waals surface area contributed by atoms with E-state index < -0.39 is 0 Å². The molecular weight excluding hydrogens is 338 g/mol. The Balaban J connectivity index is 0.000000613. The monoisotopic (exact) mass is 355 g/mol. The highest BCUT2D eigenvalue weighted by Crippen LogP contribution is 2.33. The molecule has 1 unspecified atom stereocenters. The molecule has 4 rings (SSSR count). The molecule has 0 saturated heterocycles. The molecule has 1 atom stereocenters. The third-order valence-corrected chi connectivity index (χ3v) is 4.14. The Labute approximate surface area is 148 Å². The third kappa shape index (κ3) is 3.41. The number of carbonyl (C=O) groups is 2. The Hall–Kier alpha value is -3.62. The summed E-state index contributed by atoms with van der Waals surface area (Å²) in [5, 5.41) is 23.1. The highest BCUT2D eigenvalue weighted by molar-refractivity contribution is 5.93. The van der Waals surface area contributed by atoms with Crippen molar-refractivity contribution < 1.29 is 19.8 Å². The van der Waals surface area contributed by atoms with Crippen LogP contribution in [0.5, 0.6) is 5.75 Å². The van der Waals surface area contributed by atoms with Crippen LogP contribution in [-0.4, -0.2) is 54.2 Å². The fraction of sp³-hybridized carbons (Fsp3) is 0.176. The number of hydrogen-bond acceptors (Lipinski definition) is 5. The Morgan fingerprint density at radius 2 is 2.19 bits per heavy atom. The number of aromatic nitrogens is 4. The van der Waals surface area contributed by atoms with Crippen LogP contribution in [-0.2, 0) is 11.3 Å². The summed E-state index contributed by atoms with van der Waals surface area (Å²) in [5.41, 5.74) is 3.30. The SMILES string of the molecule is O=C(c1cn[nH]c1)N1Cc2[nH]cnc2C(c2cccc(O)c2)C1.O=CO. The number of benzene rings is 1. The van der Waals surface area contributed by atoms with Crippen molar-refractivity contribution in [3.05, 3.63) is 65.5 Å². The van der Waals surface area contributed by atoms with Gasteiger partial charge in [0.25, 0.3) is 12.4 Å². The smallest absolute Gasteiger partial charge is 0.290 e. The van der Waals surface area contributed by atoms with E-state index in [4.69, 9.17) is 9.90 Å². The summed E-state index contributed by atoms with van der Waals surface area (Å²) in [6.45, 7) is 0.736. The number of fused-ring (bicyclic) bond motifs is 1. The number of nitrogens with zero attached hydrogens (tertiary/aromatic N) is 3. The molecule has 2 aromatic heterocycles. The number of phenols is 1. The fourth-order valence-electron chi connectivity index (χ4n) is 3.03. The van der Waals surface area contributed by atoms with Crippen molar-refractivity contribution in [1.29, 1.82) is 0 Å². The van der Waals surface area contributed by atoms with Gasteiger partial charge in [-0.1, -0.05) is 12.1 Å². The zero-order valence-electron chi connectivity index (χ0n) is 13.7. The lowest BCUT2D eigenvalue weighted by atomic mass is 9.90. The van der Waals surface area contributed by atoms with E-state index in [1.165, 1.54) is 6.20 Å². The molecule has 3 aromatic rings. The van der Waals surface area contributed by atoms with Gasteiger partial charge in [0.2, 0.25) is 0 Å². The van der Waals surface area contributed by atoms with E-state index in [1.807, 2.05) is 6.07 Å². The first kappa shape index (κ1) is 17.2. The summed E-state index contributed by atoms with van der Waals surface area (Å²) in [7, 11) is 0. The number of hydrogen-bond donors (Lipinski definition) is 4. The number of amides is 1. The van der Waals surface area contributed by atoms with Crippen LogP contribution in [0.4, 0.5) is 0 Å². The molecule has 0 radical (unpaired) electrons. The molecule has 0 aliphatic carbocycles. The second-order valence-electron chi connectivity index (χ2n) is 5.69. The molecule has 0 bridgehead atoms. The van der Waals surface area contributed by atoms with Crippen LogP contribution in [0.1, 0.15) is 33.2 Å². The number of carbonyl (C=O) groups excluding carboxylic acids is 1. The molecule has 3 heterocycles. The van der Waals surface area contributed by atoms with Crippen molar-refractivity contribution in [2.24, 2.45) is 0 Å². The highest BCUT2D eigenvalue weighted by Gasteiger charge is 2.32. The Bertz CT molecular complexity index is 890. The number of phenolic OH excluding ortho intramolecular Hbond substituents is 1. The van der Waals surface area contributed by atoms with Crippen molar-refractivity contribution in [1.82, 2.24) is 25.1 Å². The summed E-state index contributed by atoms with van der Waals surface area (Å²) < 4.78 is 0. The van der Waals surface area contributed by atoms with Gasteiger partial charge in [0, 0.05) is 18.7 Å². The first-order chi connectivity index (χ1) is 12.6. The van der Waals surface area contributed by atoms with Gasteiger partial charge in [-0.05, 0) is 17.7 Å². The maximum Gasteiger partial charge on any atom is 0.290 e. The first-order valence-corrected chi connectivity index (χ1v) is 7.81. The highest BCUT2D eigenvalue weighted by atomic mass is 16.3. The van der Waals surface area contributed by atoms with Crippen molar-refractivity contribution in [2.45, 2.75) is 12.5 Å². The number of carboxylic acid groups (broad SMARTS) is 1. The lowest BCUT2D eigenvalue weighted by Crippen LogP contribution is -2.38. The van der Waals surface area contributed by atoms with E-state index in [9.17, 15) is 9.90 Å². The molecule has 1 aliphatic rings. The normalized spacial score (nSPS) is 15.5. The molecule has 1 amide bonds. The zero-order valence-corrected chi connectivity index (χ0v) is 13.7. The van der Waals surface area contributed by atoms with Crippen molar-refractivity contribution >= 4 is 12.4 Å². The van der Waals surface area contributed by atoms with Gasteiger partial charge < -0.3 is 20.1 Å². The molecule has 0 spiro atoms. The number of aromatic amines is 2. The Kier molecular flexibility index (Phi) is 4.97. The quantitative estimate of drug-likeness (QED) is 0.512. The maximum atomic E-state index is 12.6. The molecule has 26 heavy (non-hydrogen) atoms. The van der Waals surface area contributed by atoms with Crippen LogP contribution < -0.4 is 0 Å². The van der Waals surface area contributed by atoms with E-state index in [0.717, 1.165) is 17.0 Å². The fourth-order valence-corrected chi connectivity index (χ4v) is 3.03. The maximum absolute atomic E-state index is 12.6. The minimum absolute atomic E-state index is 0.0760. The molecular formula is C17H17N5O4. The van der Waals surface area contributed by atoms with Gasteiger partial charge in [-0.25, -0.2) is 4.98 Å². The van der Waals surface area contributed by atoms with E-state index in [2.05, 4.69) is 20.2 Å². The van der Waals surface area contributed by atoms with Crippen LogP contribution in [0.2, 0.25) is 0 Å². The molecule has 1 aromatic carbocycles. The van der Waals surface area contributed by atoms with Crippen LogP contribution in [0.25, 0.3) is 0 Å². The van der Waals surface area contributed by atoms with Crippen LogP contribution >= 0.6 is 0 Å². The van der Waals surface area contributed by atoms with Gasteiger partial charge in [0.15, 0.2) is 0 Å². The zero-order chi connectivity index (χ0) is 18.5. The summed E-state index contributed by atoms with van der Waals surface area (Å²) >= 11 is 0. The molecule has 4 N–H and O–H groups in total. The lowest BCUT2D eigenvalue weighted by molar-refractivity contribution is -0.122. The van der Waals surface area contributed by atoms with E-state index in [0.29, 0.717) is 18.7 Å². The second kappa shape index (κ2) is 7.51. The van der Waals surface area contributed by atoms with E-state index in [1.54, 1.807) is 35.6 Å². The van der Waals surface area contributed by atoms with Gasteiger partial charge >= 0.3 is 0 Å². The first-order valence-electron chi connectivity index (χ1n) is 7.81. The Morgan fingerprint density at radius 3 is 2.88 bits per heavy atom. The lowest BCUT2D eigenvalue weighted by Gasteiger charge is -2.32. The van der Waals surface area contributed by atoms with Gasteiger partial charge in [-0.3, -0.25) is 14.7 Å². The summed E-state index contributed by atoms with van der Waals surface area (Å²) in [6.07, 6.45) is 4.76. The summed E-state index contributed by atoms with van der Waals surface area (Å²) in [6, 6.07) is 7.09. The van der Waals surface area contributed by atoms with Gasteiger partial charge in [0.05, 0.1) is 36.0 Å². The van der Waals surface area contributed by atoms with Gasteiger partial charge in [-0.15, -0.1) is 0 Å². The minimum atomic E-state index is -0.250. The average Bonchev–Trinajstić information content (AvgIpc) is 3.32. The average molecular weight is 355 g/mol. The number of imidazole rings is 1. The van der Waals surface area contributed by atoms with Gasteiger partial charge in [-0.2, -0.15) is 5.10 Å². The standard InChI is InChI=1S/C16H15N5O2.CH2O2/c22-12-3-1-2-10(4-12)13-7-21(8-14-15(13)18-9-17-14)16(23)11-5-19-20-6-11;2-1-3/h1-6,9,13,22H,7-8H2,(H,17,18)(H,19,20);1H,(H,2,3). The molecule has 134 valence electrons. The summed E-state index contributed by atoms with van der Waals surface area (Å²) in [5.74, 6) is 0.0509. The molecule has 0 fully saturated rings. The molecule has 9 heteroatoms. The molecule has 1 aliphatic heterocycles. The third-order valence-electron chi connectivity index (χ3n) is 4.14. The summed E-state index contributed by atoms with van der Waals surface area (Å²) in [4.78, 5) is 30.3.